The van der Waals surface area contributed by atoms with Crippen LogP contribution in [0.25, 0.3) is 5.52 Å². The summed E-state index contributed by atoms with van der Waals surface area (Å²) in [4.78, 5) is 3.26. The van der Waals surface area contributed by atoms with E-state index in [1.54, 1.807) is 6.07 Å². The highest BCUT2D eigenvalue weighted by Crippen LogP contribution is 2.26. The Morgan fingerprint density at radius 3 is 2.77 bits per heavy atom. The SMILES string of the molecule is FC(F)(F)c1cn2nccc2cn1. The third-order valence-corrected chi connectivity index (χ3v) is 1.57. The van der Waals surface area contributed by atoms with E-state index in [1.807, 2.05) is 0 Å². The molecule has 0 saturated carbocycles. The predicted molar refractivity (Wildman–Crippen MR) is 38.0 cm³/mol. The van der Waals surface area contributed by atoms with E-state index in [1.165, 1.54) is 6.20 Å². The first-order valence-corrected chi connectivity index (χ1v) is 3.44. The van der Waals surface area contributed by atoms with Gasteiger partial charge in [0.1, 0.15) is 0 Å². The quantitative estimate of drug-likeness (QED) is 0.628. The number of alkyl halides is 3. The molecule has 0 unspecified atom stereocenters. The monoisotopic (exact) mass is 187 g/mol. The number of hydrogen-bond donors (Lipinski definition) is 0. The third-order valence-electron chi connectivity index (χ3n) is 1.57. The number of fused-ring (bicyclic) bond motifs is 1. The zero-order valence-corrected chi connectivity index (χ0v) is 6.28. The minimum Gasteiger partial charge on any atom is -0.248 e. The van der Waals surface area contributed by atoms with Crippen molar-refractivity contribution in [1.29, 1.82) is 0 Å². The Morgan fingerprint density at radius 2 is 2.08 bits per heavy atom. The molecule has 0 bridgehead atoms. The van der Waals surface area contributed by atoms with Crippen molar-refractivity contribution in [3.63, 3.8) is 0 Å². The highest BCUT2D eigenvalue weighted by Gasteiger charge is 2.32. The number of aromatic nitrogens is 3. The lowest BCUT2D eigenvalue weighted by molar-refractivity contribution is -0.141. The van der Waals surface area contributed by atoms with Crippen molar-refractivity contribution in [3.8, 4) is 0 Å². The maximum atomic E-state index is 12.1. The van der Waals surface area contributed by atoms with Crippen molar-refractivity contribution in [2.45, 2.75) is 6.18 Å². The molecule has 0 aliphatic heterocycles. The number of halogens is 3. The van der Waals surface area contributed by atoms with Crippen molar-refractivity contribution in [2.75, 3.05) is 0 Å². The first kappa shape index (κ1) is 8.03. The first-order chi connectivity index (χ1) is 6.07. The van der Waals surface area contributed by atoms with Gasteiger partial charge >= 0.3 is 6.18 Å². The van der Waals surface area contributed by atoms with Crippen LogP contribution in [0.1, 0.15) is 5.69 Å². The summed E-state index contributed by atoms with van der Waals surface area (Å²) >= 11 is 0. The fraction of sp³-hybridized carbons (Fsp3) is 0.143. The molecule has 0 saturated heterocycles. The van der Waals surface area contributed by atoms with Gasteiger partial charge in [0.25, 0.3) is 0 Å². The molecule has 0 atom stereocenters. The van der Waals surface area contributed by atoms with Crippen LogP contribution in [0, 0.1) is 0 Å². The molecule has 0 aromatic carbocycles. The van der Waals surface area contributed by atoms with Gasteiger partial charge in [-0.15, -0.1) is 0 Å². The Balaban J connectivity index is 2.61. The Kier molecular flexibility index (Phi) is 1.51. The average molecular weight is 187 g/mol. The van der Waals surface area contributed by atoms with Gasteiger partial charge in [-0.2, -0.15) is 18.3 Å². The van der Waals surface area contributed by atoms with E-state index in [0.717, 1.165) is 16.9 Å². The van der Waals surface area contributed by atoms with Gasteiger partial charge < -0.3 is 0 Å². The third kappa shape index (κ3) is 1.34. The summed E-state index contributed by atoms with van der Waals surface area (Å²) < 4.78 is 37.5. The van der Waals surface area contributed by atoms with Crippen molar-refractivity contribution >= 4 is 5.52 Å². The molecule has 13 heavy (non-hydrogen) atoms. The molecule has 0 fully saturated rings. The van der Waals surface area contributed by atoms with E-state index in [2.05, 4.69) is 10.1 Å². The standard InChI is InChI=1S/C7H4F3N3/c8-7(9,10)6-4-13-5(3-11-6)1-2-12-13/h1-4H. The van der Waals surface area contributed by atoms with Crippen LogP contribution >= 0.6 is 0 Å². The van der Waals surface area contributed by atoms with Gasteiger partial charge in [-0.05, 0) is 6.07 Å². The molecule has 2 heterocycles. The van der Waals surface area contributed by atoms with Gasteiger partial charge in [-0.1, -0.05) is 0 Å². The van der Waals surface area contributed by atoms with Crippen molar-refractivity contribution in [1.82, 2.24) is 14.6 Å². The minimum atomic E-state index is -4.42. The van der Waals surface area contributed by atoms with E-state index in [0.29, 0.717) is 5.52 Å². The molecule has 3 nitrogen and oxygen atoms in total. The van der Waals surface area contributed by atoms with E-state index < -0.39 is 11.9 Å². The zero-order valence-electron chi connectivity index (χ0n) is 6.28. The van der Waals surface area contributed by atoms with Gasteiger partial charge in [0, 0.05) is 0 Å². The second-order valence-electron chi connectivity index (χ2n) is 2.47. The highest BCUT2D eigenvalue weighted by atomic mass is 19.4. The largest absolute Gasteiger partial charge is 0.434 e. The van der Waals surface area contributed by atoms with Crippen molar-refractivity contribution in [3.05, 3.63) is 30.4 Å². The van der Waals surface area contributed by atoms with Crippen LogP contribution in [0.4, 0.5) is 13.2 Å². The van der Waals surface area contributed by atoms with Crippen LogP contribution in [-0.2, 0) is 6.18 Å². The van der Waals surface area contributed by atoms with E-state index in [9.17, 15) is 13.2 Å². The smallest absolute Gasteiger partial charge is 0.248 e. The van der Waals surface area contributed by atoms with E-state index >= 15 is 0 Å². The molecule has 0 aliphatic rings. The second kappa shape index (κ2) is 2.45. The molecule has 0 N–H and O–H groups in total. The molecular weight excluding hydrogens is 183 g/mol. The summed E-state index contributed by atoms with van der Waals surface area (Å²) in [5.41, 5.74) is -0.406. The normalized spacial score (nSPS) is 12.2. The molecule has 2 rings (SSSR count). The predicted octanol–water partition coefficient (Wildman–Crippen LogP) is 1.75. The van der Waals surface area contributed by atoms with Crippen LogP contribution in [0.15, 0.2) is 24.7 Å². The molecule has 0 spiro atoms. The van der Waals surface area contributed by atoms with Crippen molar-refractivity contribution < 1.29 is 13.2 Å². The molecule has 6 heteroatoms. The summed E-state index contributed by atoms with van der Waals surface area (Å²) in [6, 6.07) is 1.58. The lowest BCUT2D eigenvalue weighted by Gasteiger charge is -2.04. The highest BCUT2D eigenvalue weighted by molar-refractivity contribution is 5.42. The minimum absolute atomic E-state index is 0.535. The Morgan fingerprint density at radius 1 is 1.31 bits per heavy atom. The van der Waals surface area contributed by atoms with Gasteiger partial charge in [0.05, 0.1) is 24.1 Å². The van der Waals surface area contributed by atoms with Crippen LogP contribution in [0.5, 0.6) is 0 Å². The van der Waals surface area contributed by atoms with Gasteiger partial charge in [-0.25, -0.2) is 9.50 Å². The Bertz CT molecular complexity index is 432. The van der Waals surface area contributed by atoms with E-state index in [4.69, 9.17) is 0 Å². The fourth-order valence-corrected chi connectivity index (χ4v) is 0.966. The summed E-state index contributed by atoms with van der Waals surface area (Å²) in [5.74, 6) is 0. The fourth-order valence-electron chi connectivity index (χ4n) is 0.966. The topological polar surface area (TPSA) is 30.2 Å². The van der Waals surface area contributed by atoms with Crippen molar-refractivity contribution in [2.24, 2.45) is 0 Å². The van der Waals surface area contributed by atoms with E-state index in [-0.39, 0.29) is 0 Å². The summed E-state index contributed by atoms with van der Waals surface area (Å²) in [5, 5.41) is 3.67. The van der Waals surface area contributed by atoms with Gasteiger partial charge in [-0.3, -0.25) is 0 Å². The maximum absolute atomic E-state index is 12.1. The summed E-state index contributed by atoms with van der Waals surface area (Å²) in [7, 11) is 0. The molecule has 0 amide bonds. The Labute approximate surface area is 70.8 Å². The Hall–Kier alpha value is -1.59. The van der Waals surface area contributed by atoms with Crippen LogP contribution < -0.4 is 0 Å². The number of nitrogens with zero attached hydrogens (tertiary/aromatic N) is 3. The summed E-state index contributed by atoms with van der Waals surface area (Å²) in [6.45, 7) is 0. The number of rotatable bonds is 0. The zero-order chi connectivity index (χ0) is 9.47. The molecular formula is C7H4F3N3. The molecule has 68 valence electrons. The maximum Gasteiger partial charge on any atom is 0.434 e. The van der Waals surface area contributed by atoms with Crippen LogP contribution in [0.3, 0.4) is 0 Å². The lowest BCUT2D eigenvalue weighted by Crippen LogP contribution is -2.09. The van der Waals surface area contributed by atoms with Gasteiger partial charge in [0.2, 0.25) is 0 Å². The average Bonchev–Trinajstić information content (AvgIpc) is 2.47. The van der Waals surface area contributed by atoms with Gasteiger partial charge in [0.15, 0.2) is 5.69 Å². The first-order valence-electron chi connectivity index (χ1n) is 3.44. The lowest BCUT2D eigenvalue weighted by atomic mass is 10.4. The second-order valence-corrected chi connectivity index (χ2v) is 2.47. The molecule has 0 radical (unpaired) electrons. The molecule has 0 aliphatic carbocycles. The summed E-state index contributed by atoms with van der Waals surface area (Å²) in [6.07, 6.45) is -1.01. The molecule has 2 aromatic heterocycles. The number of hydrogen-bond acceptors (Lipinski definition) is 2. The van der Waals surface area contributed by atoms with Crippen LogP contribution in [-0.4, -0.2) is 14.6 Å². The molecule has 2 aromatic rings. The van der Waals surface area contributed by atoms with Crippen LogP contribution in [0.2, 0.25) is 0 Å².